The molecule has 146 valence electrons. The van der Waals surface area contributed by atoms with Gasteiger partial charge in [0.2, 0.25) is 0 Å². The van der Waals surface area contributed by atoms with Crippen molar-refractivity contribution in [1.82, 2.24) is 0 Å². The maximum Gasteiger partial charge on any atom is 0.0720 e. The molecular weight excluding hydrogens is 346 g/mol. The number of ether oxygens (including phenoxy) is 2. The summed E-state index contributed by atoms with van der Waals surface area (Å²) in [5.74, 6) is 0. The summed E-state index contributed by atoms with van der Waals surface area (Å²) in [6.45, 7) is 8.13. The number of hydrogen-bond donors (Lipinski definition) is 0. The van der Waals surface area contributed by atoms with Crippen LogP contribution in [-0.4, -0.2) is 12.7 Å². The number of nitrogens with zero attached hydrogens (tertiary/aromatic N) is 1. The van der Waals surface area contributed by atoms with Crippen LogP contribution < -0.4 is 4.90 Å². The number of anilines is 3. The second kappa shape index (κ2) is 10.1. The maximum absolute atomic E-state index is 5.72. The van der Waals surface area contributed by atoms with Gasteiger partial charge in [-0.1, -0.05) is 42.5 Å². The van der Waals surface area contributed by atoms with E-state index in [1.165, 1.54) is 11.1 Å². The highest BCUT2D eigenvalue weighted by Crippen LogP contribution is 2.34. The monoisotopic (exact) mass is 375 g/mol. The summed E-state index contributed by atoms with van der Waals surface area (Å²) in [6, 6.07) is 27.6. The van der Waals surface area contributed by atoms with Crippen molar-refractivity contribution in [2.75, 3.05) is 11.5 Å². The SMILES string of the molecule is CCOCc1ccc(N(c2ccccc2)c2ccc(COC(C)C)cc2)cc1. The molecule has 0 aliphatic rings. The molecule has 0 bridgehead atoms. The molecular formula is C25H29NO2. The standard InChI is InChI=1S/C25H29NO2/c1-4-27-18-21-10-14-24(15-11-21)26(23-8-6-5-7-9-23)25-16-12-22(13-17-25)19-28-20(2)3/h5-17,20H,4,18-19H2,1-3H3. The van der Waals surface area contributed by atoms with E-state index < -0.39 is 0 Å². The summed E-state index contributed by atoms with van der Waals surface area (Å²) in [4.78, 5) is 2.26. The van der Waals surface area contributed by atoms with E-state index >= 15 is 0 Å². The van der Waals surface area contributed by atoms with Crippen LogP contribution in [0.3, 0.4) is 0 Å². The van der Waals surface area contributed by atoms with Gasteiger partial charge in [0.25, 0.3) is 0 Å². The van der Waals surface area contributed by atoms with Crippen molar-refractivity contribution in [3.63, 3.8) is 0 Å². The van der Waals surface area contributed by atoms with E-state index in [2.05, 4.69) is 91.5 Å². The Balaban J connectivity index is 1.88. The molecule has 0 fully saturated rings. The third-order valence-corrected chi connectivity index (χ3v) is 4.46. The van der Waals surface area contributed by atoms with Crippen molar-refractivity contribution in [3.8, 4) is 0 Å². The Morgan fingerprint density at radius 1 is 0.679 bits per heavy atom. The summed E-state index contributed by atoms with van der Waals surface area (Å²) >= 11 is 0. The van der Waals surface area contributed by atoms with Crippen LogP contribution in [0.4, 0.5) is 17.1 Å². The van der Waals surface area contributed by atoms with Crippen molar-refractivity contribution in [3.05, 3.63) is 90.0 Å². The quantitative estimate of drug-likeness (QED) is 0.419. The number of hydrogen-bond acceptors (Lipinski definition) is 3. The topological polar surface area (TPSA) is 21.7 Å². The minimum Gasteiger partial charge on any atom is -0.377 e. The van der Waals surface area contributed by atoms with Crippen molar-refractivity contribution in [2.45, 2.75) is 40.1 Å². The highest BCUT2D eigenvalue weighted by molar-refractivity contribution is 5.76. The van der Waals surface area contributed by atoms with Gasteiger partial charge >= 0.3 is 0 Å². The van der Waals surface area contributed by atoms with Gasteiger partial charge in [0.05, 0.1) is 19.3 Å². The molecule has 0 aliphatic heterocycles. The second-order valence-corrected chi connectivity index (χ2v) is 7.00. The summed E-state index contributed by atoms with van der Waals surface area (Å²) in [5.41, 5.74) is 5.73. The summed E-state index contributed by atoms with van der Waals surface area (Å²) in [6.07, 6.45) is 0.232. The molecule has 3 nitrogen and oxygen atoms in total. The van der Waals surface area contributed by atoms with Crippen LogP contribution in [-0.2, 0) is 22.7 Å². The molecule has 0 radical (unpaired) electrons. The first-order valence-corrected chi connectivity index (χ1v) is 9.89. The van der Waals surface area contributed by atoms with Crippen LogP contribution in [0.15, 0.2) is 78.9 Å². The van der Waals surface area contributed by atoms with Gasteiger partial charge in [-0.25, -0.2) is 0 Å². The second-order valence-electron chi connectivity index (χ2n) is 7.00. The summed E-state index contributed by atoms with van der Waals surface area (Å²) in [7, 11) is 0. The third-order valence-electron chi connectivity index (χ3n) is 4.46. The summed E-state index contributed by atoms with van der Waals surface area (Å²) < 4.78 is 11.2. The van der Waals surface area contributed by atoms with Gasteiger partial charge in [-0.3, -0.25) is 0 Å². The first-order chi connectivity index (χ1) is 13.7. The highest BCUT2D eigenvalue weighted by atomic mass is 16.5. The molecule has 0 saturated heterocycles. The molecule has 0 saturated carbocycles. The Morgan fingerprint density at radius 3 is 1.68 bits per heavy atom. The van der Waals surface area contributed by atoms with Gasteiger partial charge in [0.15, 0.2) is 0 Å². The molecule has 0 aromatic heterocycles. The third kappa shape index (κ3) is 5.44. The Labute approximate surface area is 168 Å². The van der Waals surface area contributed by atoms with E-state index in [0.717, 1.165) is 23.7 Å². The first-order valence-electron chi connectivity index (χ1n) is 9.89. The molecule has 0 spiro atoms. The minimum atomic E-state index is 0.232. The van der Waals surface area contributed by atoms with Crippen LogP contribution in [0.2, 0.25) is 0 Å². The van der Waals surface area contributed by atoms with Crippen molar-refractivity contribution in [1.29, 1.82) is 0 Å². The van der Waals surface area contributed by atoms with Crippen LogP contribution >= 0.6 is 0 Å². The molecule has 0 aliphatic carbocycles. The molecule has 3 heteroatoms. The fourth-order valence-electron chi connectivity index (χ4n) is 2.99. The van der Waals surface area contributed by atoms with E-state index in [9.17, 15) is 0 Å². The zero-order valence-electron chi connectivity index (χ0n) is 17.0. The van der Waals surface area contributed by atoms with E-state index in [-0.39, 0.29) is 6.10 Å². The highest BCUT2D eigenvalue weighted by Gasteiger charge is 2.12. The molecule has 0 amide bonds. The Bertz CT molecular complexity index is 827. The molecule has 3 aromatic rings. The lowest BCUT2D eigenvalue weighted by Gasteiger charge is -2.26. The average Bonchev–Trinajstić information content (AvgIpc) is 2.73. The lowest BCUT2D eigenvalue weighted by molar-refractivity contribution is 0.0657. The molecule has 0 atom stereocenters. The Hall–Kier alpha value is -2.62. The van der Waals surface area contributed by atoms with Crippen molar-refractivity contribution >= 4 is 17.1 Å². The molecule has 3 aromatic carbocycles. The number of para-hydroxylation sites is 1. The lowest BCUT2D eigenvalue weighted by atomic mass is 10.1. The van der Waals surface area contributed by atoms with Gasteiger partial charge < -0.3 is 14.4 Å². The normalized spacial score (nSPS) is 11.0. The summed E-state index contributed by atoms with van der Waals surface area (Å²) in [5, 5.41) is 0. The van der Waals surface area contributed by atoms with Gasteiger partial charge in [-0.2, -0.15) is 0 Å². The van der Waals surface area contributed by atoms with Crippen molar-refractivity contribution < 1.29 is 9.47 Å². The smallest absolute Gasteiger partial charge is 0.0720 e. The lowest BCUT2D eigenvalue weighted by Crippen LogP contribution is -2.10. The van der Waals surface area contributed by atoms with Crippen molar-refractivity contribution in [2.24, 2.45) is 0 Å². The zero-order valence-corrected chi connectivity index (χ0v) is 17.0. The van der Waals surface area contributed by atoms with Gasteiger partial charge in [0.1, 0.15) is 0 Å². The van der Waals surface area contributed by atoms with Crippen LogP contribution in [0, 0.1) is 0 Å². The minimum absolute atomic E-state index is 0.232. The molecule has 0 unspecified atom stereocenters. The largest absolute Gasteiger partial charge is 0.377 e. The molecule has 0 heterocycles. The van der Waals surface area contributed by atoms with E-state index in [0.29, 0.717) is 13.2 Å². The molecule has 0 N–H and O–H groups in total. The van der Waals surface area contributed by atoms with E-state index in [4.69, 9.17) is 9.47 Å². The fraction of sp³-hybridized carbons (Fsp3) is 0.280. The van der Waals surface area contributed by atoms with E-state index in [1.807, 2.05) is 13.0 Å². The Kier molecular flexibility index (Phi) is 7.24. The number of rotatable bonds is 9. The van der Waals surface area contributed by atoms with Crippen LogP contribution in [0.25, 0.3) is 0 Å². The van der Waals surface area contributed by atoms with Crippen LogP contribution in [0.1, 0.15) is 31.9 Å². The zero-order chi connectivity index (χ0) is 19.8. The predicted molar refractivity (Wildman–Crippen MR) is 116 cm³/mol. The maximum atomic E-state index is 5.72. The van der Waals surface area contributed by atoms with Gasteiger partial charge in [0, 0.05) is 23.7 Å². The fourth-order valence-corrected chi connectivity index (χ4v) is 2.99. The average molecular weight is 376 g/mol. The van der Waals surface area contributed by atoms with Crippen LogP contribution in [0.5, 0.6) is 0 Å². The molecule has 28 heavy (non-hydrogen) atoms. The first kappa shape index (κ1) is 20.1. The Morgan fingerprint density at radius 2 is 1.18 bits per heavy atom. The van der Waals surface area contributed by atoms with Gasteiger partial charge in [-0.15, -0.1) is 0 Å². The van der Waals surface area contributed by atoms with E-state index in [1.54, 1.807) is 0 Å². The number of benzene rings is 3. The molecule has 3 rings (SSSR count). The van der Waals surface area contributed by atoms with Gasteiger partial charge in [-0.05, 0) is 68.3 Å². The predicted octanol–water partition coefficient (Wildman–Crippen LogP) is 6.62.